The molecule has 0 nitrogen and oxygen atoms in total. The van der Waals surface area contributed by atoms with E-state index in [0.717, 1.165) is 129 Å². The third kappa shape index (κ3) is 3.69. The highest BCUT2D eigenvalue weighted by molar-refractivity contribution is 6.57. The topological polar surface area (TPSA) is 0 Å². The van der Waals surface area contributed by atoms with Crippen molar-refractivity contribution in [3.8, 4) is 0 Å². The maximum atomic E-state index is 17.5. The highest BCUT2D eigenvalue weighted by Crippen LogP contribution is 2.58. The lowest BCUT2D eigenvalue weighted by molar-refractivity contribution is 0.641. The fourth-order valence-electron chi connectivity index (χ4n) is 12.6. The van der Waals surface area contributed by atoms with Crippen LogP contribution in [0.2, 0.25) is 0 Å². The molecule has 0 radical (unpaired) electrons. The van der Waals surface area contributed by atoms with Crippen LogP contribution in [0.15, 0.2) is 164 Å². The summed E-state index contributed by atoms with van der Waals surface area (Å²) in [6, 6.07) is 55.0. The molecule has 0 unspecified atom stereocenters. The predicted octanol–water partition coefficient (Wildman–Crippen LogP) is 17.7. The van der Waals surface area contributed by atoms with Crippen LogP contribution in [0.1, 0.15) is 0 Å². The van der Waals surface area contributed by atoms with Crippen molar-refractivity contribution in [2.45, 2.75) is 0 Å². The Kier molecular flexibility index (Phi) is 5.66. The first-order chi connectivity index (χ1) is 31.0. The molecule has 0 fully saturated rings. The van der Waals surface area contributed by atoms with E-state index in [1.54, 1.807) is 18.2 Å². The molecule has 0 saturated carbocycles. The van der Waals surface area contributed by atoms with Gasteiger partial charge in [0.15, 0.2) is 0 Å². The van der Waals surface area contributed by atoms with Crippen molar-refractivity contribution in [3.05, 3.63) is 181 Å². The van der Waals surface area contributed by atoms with Crippen molar-refractivity contribution in [2.75, 3.05) is 0 Å². The maximum Gasteiger partial charge on any atom is 0.131 e. The molecule has 0 aliphatic heterocycles. The molecular formula is C60H27F3. The predicted molar refractivity (Wildman–Crippen MR) is 262 cm³/mol. The summed E-state index contributed by atoms with van der Waals surface area (Å²) < 4.78 is 52.4. The molecular weight excluding hydrogens is 778 g/mol. The van der Waals surface area contributed by atoms with Crippen LogP contribution in [0, 0.1) is 17.5 Å². The minimum absolute atomic E-state index is 0.352. The van der Waals surface area contributed by atoms with Gasteiger partial charge in [-0.2, -0.15) is 0 Å². The molecule has 3 heteroatoms. The van der Waals surface area contributed by atoms with Gasteiger partial charge in [0.2, 0.25) is 0 Å². The van der Waals surface area contributed by atoms with Crippen LogP contribution in [0.4, 0.5) is 13.2 Å². The van der Waals surface area contributed by atoms with E-state index in [-0.39, 0.29) is 17.5 Å². The Labute approximate surface area is 354 Å². The third-order valence-electron chi connectivity index (χ3n) is 14.9. The number of hydrogen-bond donors (Lipinski definition) is 0. The molecule has 16 aromatic carbocycles. The van der Waals surface area contributed by atoms with E-state index in [2.05, 4.69) is 91.0 Å². The van der Waals surface area contributed by atoms with E-state index in [1.807, 2.05) is 54.6 Å². The van der Waals surface area contributed by atoms with Gasteiger partial charge in [0.25, 0.3) is 0 Å². The Balaban J connectivity index is 1.29. The lowest BCUT2D eigenvalue weighted by atomic mass is 9.94. The first kappa shape index (κ1) is 32.7. The summed E-state index contributed by atoms with van der Waals surface area (Å²) in [7, 11) is 0. The molecule has 0 aromatic heterocycles. The summed E-state index contributed by atoms with van der Waals surface area (Å²) in [5.41, 5.74) is 0. The lowest BCUT2D eigenvalue weighted by Gasteiger charge is -2.10. The highest BCUT2D eigenvalue weighted by Gasteiger charge is 2.31. The Morgan fingerprint density at radius 2 is 0.460 bits per heavy atom. The van der Waals surface area contributed by atoms with Crippen LogP contribution >= 0.6 is 0 Å². The van der Waals surface area contributed by atoms with Crippen LogP contribution in [0.25, 0.3) is 162 Å². The Hall–Kier alpha value is -8.01. The molecule has 0 spiro atoms. The van der Waals surface area contributed by atoms with Crippen LogP contribution < -0.4 is 0 Å². The molecule has 0 aliphatic carbocycles. The molecule has 288 valence electrons. The Morgan fingerprint density at radius 1 is 0.175 bits per heavy atom. The molecule has 0 amide bonds. The molecule has 16 aromatic rings. The summed E-state index contributed by atoms with van der Waals surface area (Å²) in [4.78, 5) is 0. The number of fused-ring (bicyclic) bond motifs is 24. The molecule has 63 heavy (non-hydrogen) atoms. The van der Waals surface area contributed by atoms with Crippen LogP contribution in [-0.2, 0) is 0 Å². The summed E-state index contributed by atoms with van der Waals surface area (Å²) >= 11 is 0. The molecule has 0 saturated heterocycles. The summed E-state index contributed by atoms with van der Waals surface area (Å²) in [6.07, 6.45) is 0. The van der Waals surface area contributed by atoms with E-state index < -0.39 is 0 Å². The molecule has 0 N–H and O–H groups in total. The van der Waals surface area contributed by atoms with E-state index in [0.29, 0.717) is 32.3 Å². The smallest absolute Gasteiger partial charge is 0.131 e. The van der Waals surface area contributed by atoms with Gasteiger partial charge in [-0.15, -0.1) is 0 Å². The molecule has 16 rings (SSSR count). The van der Waals surface area contributed by atoms with Crippen LogP contribution in [0.5, 0.6) is 0 Å². The average molecular weight is 805 g/mol. The Morgan fingerprint density at radius 3 is 0.778 bits per heavy atom. The molecule has 0 bridgehead atoms. The van der Waals surface area contributed by atoms with Crippen molar-refractivity contribution in [2.24, 2.45) is 0 Å². The van der Waals surface area contributed by atoms with Gasteiger partial charge < -0.3 is 0 Å². The quantitative estimate of drug-likeness (QED) is 0.134. The summed E-state index contributed by atoms with van der Waals surface area (Å²) in [5, 5.41) is 26.7. The number of hydrogen-bond acceptors (Lipinski definition) is 0. The van der Waals surface area contributed by atoms with Crippen molar-refractivity contribution < 1.29 is 13.2 Å². The van der Waals surface area contributed by atoms with Gasteiger partial charge in [0.1, 0.15) is 17.5 Å². The zero-order valence-electron chi connectivity index (χ0n) is 33.2. The van der Waals surface area contributed by atoms with Crippen molar-refractivity contribution >= 4 is 162 Å². The second-order valence-corrected chi connectivity index (χ2v) is 17.7. The van der Waals surface area contributed by atoms with Gasteiger partial charge in [-0.25, -0.2) is 13.2 Å². The molecule has 0 aliphatic rings. The minimum atomic E-state index is -0.352. The fourth-order valence-corrected chi connectivity index (χ4v) is 12.6. The second kappa shape index (κ2) is 10.9. The average Bonchev–Trinajstić information content (AvgIpc) is 3.96. The molecule has 0 heterocycles. The van der Waals surface area contributed by atoms with E-state index >= 15 is 13.2 Å². The SMILES string of the molecule is Fc1ccc2c3c(ccc4ccccc43)cc3c2c1c1c3c2c3c(F)ccc4c5c(ccc6ccccc65)cc(c43)c2c2c3c(F)ccc4c5c(ccc6ccccc65)cc(c43)c12. The van der Waals surface area contributed by atoms with Crippen molar-refractivity contribution in [1.82, 2.24) is 0 Å². The number of rotatable bonds is 0. The minimum Gasteiger partial charge on any atom is -0.206 e. The largest absolute Gasteiger partial charge is 0.206 e. The van der Waals surface area contributed by atoms with Crippen molar-refractivity contribution in [3.63, 3.8) is 0 Å². The summed E-state index contributed by atoms with van der Waals surface area (Å²) in [6.45, 7) is 0. The Bertz CT molecular complexity index is 4300. The highest BCUT2D eigenvalue weighted by atomic mass is 19.1. The number of benzene rings is 13. The van der Waals surface area contributed by atoms with E-state index in [4.69, 9.17) is 0 Å². The normalized spacial score (nSPS) is 13.0. The van der Waals surface area contributed by atoms with Gasteiger partial charge >= 0.3 is 0 Å². The standard InChI is InChI=1S/C60H27F3/c61-43-22-19-37-46-31(16-13-28-7-1-4-10-34(28)46)25-40-49(37)55(43)58-52(40)59-54(42-27-33-18-15-30-9-3-6-12-36(30)48(33)39-20-23-44(62)56(59)51(39)42)60-53(58)41-26-32-17-14-29-8-2-5-11-35(29)47(32)38-21-24-45(63)57(60)50(38)41/h1-27H. The first-order valence-electron chi connectivity index (χ1n) is 21.5. The van der Waals surface area contributed by atoms with Gasteiger partial charge in [0, 0.05) is 48.5 Å². The molecule has 0 atom stereocenters. The van der Waals surface area contributed by atoms with E-state index in [9.17, 15) is 0 Å². The van der Waals surface area contributed by atoms with Gasteiger partial charge in [-0.05, 0) is 150 Å². The van der Waals surface area contributed by atoms with Gasteiger partial charge in [0.05, 0.1) is 0 Å². The zero-order chi connectivity index (χ0) is 41.1. The maximum absolute atomic E-state index is 17.5. The van der Waals surface area contributed by atoms with Gasteiger partial charge in [-0.1, -0.05) is 127 Å². The fraction of sp³-hybridized carbons (Fsp3) is 0. The number of halogens is 3. The summed E-state index contributed by atoms with van der Waals surface area (Å²) in [5.74, 6) is -1.06. The monoisotopic (exact) mass is 804 g/mol. The first-order valence-corrected chi connectivity index (χ1v) is 21.5. The third-order valence-corrected chi connectivity index (χ3v) is 14.9. The van der Waals surface area contributed by atoms with Crippen molar-refractivity contribution in [1.29, 1.82) is 0 Å². The zero-order valence-corrected chi connectivity index (χ0v) is 33.2. The van der Waals surface area contributed by atoms with Crippen LogP contribution in [-0.4, -0.2) is 0 Å². The lowest BCUT2D eigenvalue weighted by Crippen LogP contribution is -1.84. The second-order valence-electron chi connectivity index (χ2n) is 17.7. The van der Waals surface area contributed by atoms with E-state index in [1.165, 1.54) is 0 Å². The van der Waals surface area contributed by atoms with Crippen LogP contribution in [0.3, 0.4) is 0 Å². The van der Waals surface area contributed by atoms with Gasteiger partial charge in [-0.3, -0.25) is 0 Å².